The first-order chi connectivity index (χ1) is 13.0. The molecule has 4 rings (SSSR count). The van der Waals surface area contributed by atoms with Gasteiger partial charge in [-0.2, -0.15) is 0 Å². The molecule has 2 N–H and O–H groups in total. The Morgan fingerprint density at radius 1 is 1.04 bits per heavy atom. The standard InChI is InChI=1S/C23H38N2O3/c1-15(2)17(26)16-13-23(20(3,4)22(23)7-6-8-22)14-25(16)19(27)18(24)21(5)9-11-28-12-10-21/h15-16,18H,6-14,24H2,1-5H3. The first-order valence-corrected chi connectivity index (χ1v) is 11.2. The maximum Gasteiger partial charge on any atom is 0.240 e. The summed E-state index contributed by atoms with van der Waals surface area (Å²) in [5.74, 6) is 0.119. The number of ketones is 1. The fourth-order valence-electron chi connectivity index (χ4n) is 7.09. The van der Waals surface area contributed by atoms with E-state index in [1.807, 2.05) is 18.7 Å². The number of fused-ring (bicyclic) bond motifs is 1. The number of hydrogen-bond acceptors (Lipinski definition) is 4. The third kappa shape index (κ3) is 2.38. The molecular formula is C23H38N2O3. The van der Waals surface area contributed by atoms with Crippen LogP contribution in [-0.2, 0) is 14.3 Å². The molecule has 2 aliphatic heterocycles. The molecule has 2 heterocycles. The van der Waals surface area contributed by atoms with Gasteiger partial charge >= 0.3 is 0 Å². The Bertz CT molecular complexity index is 675. The van der Waals surface area contributed by atoms with Gasteiger partial charge in [0.05, 0.1) is 12.1 Å². The summed E-state index contributed by atoms with van der Waals surface area (Å²) < 4.78 is 5.50. The first kappa shape index (κ1) is 20.3. The summed E-state index contributed by atoms with van der Waals surface area (Å²) in [7, 11) is 0. The highest BCUT2D eigenvalue weighted by Gasteiger charge is 2.85. The predicted molar refractivity (Wildman–Crippen MR) is 109 cm³/mol. The third-order valence-corrected chi connectivity index (χ3v) is 9.64. The van der Waals surface area contributed by atoms with Crippen LogP contribution in [0.1, 0.15) is 73.1 Å². The average Bonchev–Trinajstić information content (AvgIpc) is 2.88. The molecule has 0 bridgehead atoms. The normalized spacial score (nSPS) is 35.8. The van der Waals surface area contributed by atoms with E-state index in [2.05, 4.69) is 20.8 Å². The average molecular weight is 391 g/mol. The van der Waals surface area contributed by atoms with Crippen molar-refractivity contribution in [3.05, 3.63) is 0 Å². The van der Waals surface area contributed by atoms with Crippen LogP contribution in [0.25, 0.3) is 0 Å². The van der Waals surface area contributed by atoms with Crippen molar-refractivity contribution in [1.29, 1.82) is 0 Å². The van der Waals surface area contributed by atoms with Gasteiger partial charge in [-0.1, -0.05) is 41.0 Å². The number of rotatable bonds is 4. The Morgan fingerprint density at radius 3 is 2.11 bits per heavy atom. The van der Waals surface area contributed by atoms with Crippen LogP contribution in [0, 0.1) is 27.6 Å². The van der Waals surface area contributed by atoms with Gasteiger partial charge in [0.15, 0.2) is 5.78 Å². The summed E-state index contributed by atoms with van der Waals surface area (Å²) in [6.07, 6.45) is 6.19. The minimum atomic E-state index is -0.562. The Hall–Kier alpha value is -0.940. The Labute approximate surface area is 169 Å². The summed E-state index contributed by atoms with van der Waals surface area (Å²) >= 11 is 0. The minimum Gasteiger partial charge on any atom is -0.381 e. The number of nitrogens with two attached hydrogens (primary N) is 1. The zero-order valence-electron chi connectivity index (χ0n) is 18.3. The number of amides is 1. The van der Waals surface area contributed by atoms with E-state index in [-0.39, 0.29) is 39.9 Å². The van der Waals surface area contributed by atoms with Gasteiger partial charge in [-0.25, -0.2) is 0 Å². The van der Waals surface area contributed by atoms with Gasteiger partial charge in [0, 0.05) is 31.1 Å². The van der Waals surface area contributed by atoms with Crippen LogP contribution in [0.2, 0.25) is 0 Å². The highest BCUT2D eigenvalue weighted by molar-refractivity contribution is 5.93. The zero-order valence-corrected chi connectivity index (χ0v) is 18.3. The lowest BCUT2D eigenvalue weighted by atomic mass is 9.73. The fraction of sp³-hybridized carbons (Fsp3) is 0.913. The van der Waals surface area contributed by atoms with Crippen molar-refractivity contribution in [2.75, 3.05) is 19.8 Å². The van der Waals surface area contributed by atoms with Gasteiger partial charge in [0.1, 0.15) is 0 Å². The number of nitrogens with zero attached hydrogens (tertiary/aromatic N) is 1. The molecule has 0 aromatic heterocycles. The van der Waals surface area contributed by atoms with E-state index in [9.17, 15) is 9.59 Å². The van der Waals surface area contributed by atoms with Crippen molar-refractivity contribution in [1.82, 2.24) is 4.90 Å². The van der Waals surface area contributed by atoms with E-state index in [1.54, 1.807) is 0 Å². The van der Waals surface area contributed by atoms with Gasteiger partial charge in [-0.3, -0.25) is 9.59 Å². The van der Waals surface area contributed by atoms with Gasteiger partial charge < -0.3 is 15.4 Å². The lowest BCUT2D eigenvalue weighted by Gasteiger charge is -2.40. The van der Waals surface area contributed by atoms with Gasteiger partial charge in [0.25, 0.3) is 0 Å². The number of ether oxygens (including phenoxy) is 1. The Balaban J connectivity index is 1.62. The molecule has 1 amide bonds. The molecule has 2 saturated carbocycles. The van der Waals surface area contributed by atoms with Crippen molar-refractivity contribution in [2.24, 2.45) is 33.3 Å². The number of carbonyl (C=O) groups is 2. The highest BCUT2D eigenvalue weighted by Crippen LogP contribution is 2.88. The molecule has 3 atom stereocenters. The van der Waals surface area contributed by atoms with Crippen molar-refractivity contribution in [2.45, 2.75) is 85.2 Å². The molecule has 3 unspecified atom stereocenters. The smallest absolute Gasteiger partial charge is 0.240 e. The second-order valence-corrected chi connectivity index (χ2v) is 11.1. The Kier molecular flexibility index (Phi) is 4.56. The zero-order chi connectivity index (χ0) is 20.5. The fourth-order valence-corrected chi connectivity index (χ4v) is 7.09. The van der Waals surface area contributed by atoms with Gasteiger partial charge in [-0.05, 0) is 48.3 Å². The van der Waals surface area contributed by atoms with Crippen LogP contribution in [0.4, 0.5) is 0 Å². The molecule has 0 aromatic carbocycles. The molecule has 0 radical (unpaired) electrons. The summed E-state index contributed by atoms with van der Waals surface area (Å²) in [5.41, 5.74) is 6.96. The van der Waals surface area contributed by atoms with Crippen LogP contribution in [0.5, 0.6) is 0 Å². The molecule has 158 valence electrons. The second kappa shape index (κ2) is 6.28. The van der Waals surface area contributed by atoms with Crippen molar-refractivity contribution in [3.8, 4) is 0 Å². The first-order valence-electron chi connectivity index (χ1n) is 11.2. The van der Waals surface area contributed by atoms with E-state index in [1.165, 1.54) is 19.3 Å². The van der Waals surface area contributed by atoms with Crippen LogP contribution in [0.15, 0.2) is 0 Å². The van der Waals surface area contributed by atoms with Crippen LogP contribution in [-0.4, -0.2) is 48.4 Å². The molecule has 4 aliphatic rings. The Morgan fingerprint density at radius 2 is 1.64 bits per heavy atom. The minimum absolute atomic E-state index is 0.0163. The summed E-state index contributed by atoms with van der Waals surface area (Å²) in [6.45, 7) is 12.8. The van der Waals surface area contributed by atoms with Gasteiger partial charge in [-0.15, -0.1) is 0 Å². The summed E-state index contributed by atoms with van der Waals surface area (Å²) in [5, 5.41) is 0. The van der Waals surface area contributed by atoms with E-state index >= 15 is 0 Å². The maximum atomic E-state index is 13.6. The van der Waals surface area contributed by atoms with Crippen LogP contribution < -0.4 is 5.73 Å². The van der Waals surface area contributed by atoms with Crippen molar-refractivity contribution in [3.63, 3.8) is 0 Å². The largest absolute Gasteiger partial charge is 0.381 e. The van der Waals surface area contributed by atoms with Crippen LogP contribution in [0.3, 0.4) is 0 Å². The number of Topliss-reactive ketones (excluding diaryl/α,β-unsaturated/α-hetero) is 1. The SMILES string of the molecule is CC(C)C(=O)C1CC2(CN1C(=O)C(N)C1(C)CCOCC1)C(C)(C)C21CCC1. The monoisotopic (exact) mass is 390 g/mol. The molecule has 0 aromatic rings. The predicted octanol–water partition coefficient (Wildman–Crippen LogP) is 3.15. The highest BCUT2D eigenvalue weighted by atomic mass is 16.5. The molecular weight excluding hydrogens is 352 g/mol. The quantitative estimate of drug-likeness (QED) is 0.800. The second-order valence-electron chi connectivity index (χ2n) is 11.1. The van der Waals surface area contributed by atoms with E-state index < -0.39 is 6.04 Å². The molecule has 2 saturated heterocycles. The molecule has 5 nitrogen and oxygen atoms in total. The molecule has 28 heavy (non-hydrogen) atoms. The van der Waals surface area contributed by atoms with Crippen molar-refractivity contribution >= 4 is 11.7 Å². The van der Waals surface area contributed by atoms with Gasteiger partial charge in [0.2, 0.25) is 5.91 Å². The van der Waals surface area contributed by atoms with Crippen molar-refractivity contribution < 1.29 is 14.3 Å². The van der Waals surface area contributed by atoms with Crippen LogP contribution >= 0.6 is 0 Å². The lowest BCUT2D eigenvalue weighted by molar-refractivity contribution is -0.143. The third-order valence-electron chi connectivity index (χ3n) is 9.64. The van der Waals surface area contributed by atoms with E-state index in [0.29, 0.717) is 25.2 Å². The lowest BCUT2D eigenvalue weighted by Crippen LogP contribution is -2.56. The van der Waals surface area contributed by atoms with E-state index in [0.717, 1.165) is 19.3 Å². The maximum absolute atomic E-state index is 13.6. The molecule has 2 spiro atoms. The van der Waals surface area contributed by atoms with E-state index in [4.69, 9.17) is 10.5 Å². The number of carbonyl (C=O) groups excluding carboxylic acids is 2. The number of hydrogen-bond donors (Lipinski definition) is 1. The molecule has 4 fully saturated rings. The topological polar surface area (TPSA) is 72.6 Å². The molecule has 5 heteroatoms. The number of likely N-dealkylation sites (tertiary alicyclic amines) is 1. The summed E-state index contributed by atoms with van der Waals surface area (Å²) in [6, 6.07) is -0.866. The summed E-state index contributed by atoms with van der Waals surface area (Å²) in [4.78, 5) is 28.7. The molecule has 2 aliphatic carbocycles.